The molecule has 0 radical (unpaired) electrons. The third kappa shape index (κ3) is 4.71. The van der Waals surface area contributed by atoms with Gasteiger partial charge in [-0.15, -0.1) is 0 Å². The lowest BCUT2D eigenvalue weighted by atomic mass is 10.2. The fourth-order valence-electron chi connectivity index (χ4n) is 1.54. The smallest absolute Gasteiger partial charge is 0.165 e. The van der Waals surface area contributed by atoms with Gasteiger partial charge >= 0.3 is 0 Å². The lowest BCUT2D eigenvalue weighted by molar-refractivity contribution is 0.385. The molecule has 1 rings (SSSR count). The van der Waals surface area contributed by atoms with E-state index < -0.39 is 0 Å². The number of methoxy groups -OCH3 is 1. The van der Waals surface area contributed by atoms with Crippen molar-refractivity contribution in [3.8, 4) is 5.75 Å². The molecule has 0 aromatic heterocycles. The number of likely N-dealkylation sites (N-methyl/N-ethyl adjacent to an activating group) is 1. The number of hydrogen-bond donors (Lipinski definition) is 2. The molecule has 4 heteroatoms. The number of benzene rings is 1. The molecule has 0 spiro atoms. The van der Waals surface area contributed by atoms with E-state index in [9.17, 15) is 4.39 Å². The Kier molecular flexibility index (Phi) is 5.94. The summed E-state index contributed by atoms with van der Waals surface area (Å²) in [6, 6.07) is 5.31. The maximum Gasteiger partial charge on any atom is 0.165 e. The average Bonchev–Trinajstić information content (AvgIpc) is 2.35. The van der Waals surface area contributed by atoms with Gasteiger partial charge in [0.25, 0.3) is 0 Å². The number of ether oxygens (including phenoxy) is 1. The van der Waals surface area contributed by atoms with Crippen molar-refractivity contribution in [3.63, 3.8) is 0 Å². The molecule has 0 aliphatic carbocycles. The molecule has 2 N–H and O–H groups in total. The summed E-state index contributed by atoms with van der Waals surface area (Å²) in [5.74, 6) is -0.0272. The third-order valence-corrected chi connectivity index (χ3v) is 2.57. The van der Waals surface area contributed by atoms with Crippen molar-refractivity contribution in [2.45, 2.75) is 26.4 Å². The van der Waals surface area contributed by atoms with Crippen molar-refractivity contribution in [2.75, 3.05) is 20.2 Å². The molecular weight excluding hydrogens is 219 g/mol. The van der Waals surface area contributed by atoms with Crippen LogP contribution >= 0.6 is 0 Å². The minimum absolute atomic E-state index is 0.295. The summed E-state index contributed by atoms with van der Waals surface area (Å²) in [5, 5.41) is 6.63. The molecule has 0 heterocycles. The summed E-state index contributed by atoms with van der Waals surface area (Å²) in [5.41, 5.74) is 1.02. The van der Waals surface area contributed by atoms with Gasteiger partial charge in [0.15, 0.2) is 11.6 Å². The molecule has 1 aromatic rings. The van der Waals surface area contributed by atoms with E-state index >= 15 is 0 Å². The summed E-state index contributed by atoms with van der Waals surface area (Å²) in [6.07, 6.45) is 0. The largest absolute Gasteiger partial charge is 0.494 e. The second-order valence-electron chi connectivity index (χ2n) is 4.06. The molecule has 1 aromatic carbocycles. The van der Waals surface area contributed by atoms with Crippen LogP contribution in [0.25, 0.3) is 0 Å². The highest BCUT2D eigenvalue weighted by atomic mass is 19.1. The van der Waals surface area contributed by atoms with Crippen LogP contribution in [0.3, 0.4) is 0 Å². The Labute approximate surface area is 102 Å². The van der Waals surface area contributed by atoms with Crippen LogP contribution in [0.1, 0.15) is 19.4 Å². The normalized spacial score (nSPS) is 12.5. The maximum absolute atomic E-state index is 13.2. The highest BCUT2D eigenvalue weighted by Crippen LogP contribution is 2.17. The molecule has 0 saturated heterocycles. The highest BCUT2D eigenvalue weighted by molar-refractivity contribution is 5.30. The third-order valence-electron chi connectivity index (χ3n) is 2.57. The van der Waals surface area contributed by atoms with Gasteiger partial charge in [0.2, 0.25) is 0 Å². The number of rotatable bonds is 7. The first-order valence-corrected chi connectivity index (χ1v) is 5.93. The van der Waals surface area contributed by atoms with Gasteiger partial charge in [-0.3, -0.25) is 0 Å². The lowest BCUT2D eigenvalue weighted by Gasteiger charge is -2.14. The zero-order valence-electron chi connectivity index (χ0n) is 10.7. The molecule has 96 valence electrons. The first-order valence-electron chi connectivity index (χ1n) is 5.93. The van der Waals surface area contributed by atoms with Gasteiger partial charge in [0.1, 0.15) is 0 Å². The van der Waals surface area contributed by atoms with E-state index in [0.717, 1.165) is 18.7 Å². The van der Waals surface area contributed by atoms with E-state index in [0.29, 0.717) is 18.3 Å². The van der Waals surface area contributed by atoms with Crippen LogP contribution < -0.4 is 15.4 Å². The summed E-state index contributed by atoms with van der Waals surface area (Å²) in [4.78, 5) is 0. The van der Waals surface area contributed by atoms with Crippen molar-refractivity contribution in [1.29, 1.82) is 0 Å². The summed E-state index contributed by atoms with van der Waals surface area (Å²) in [7, 11) is 1.48. The first kappa shape index (κ1) is 13.9. The zero-order valence-corrected chi connectivity index (χ0v) is 10.7. The fourth-order valence-corrected chi connectivity index (χ4v) is 1.54. The predicted molar refractivity (Wildman–Crippen MR) is 67.8 cm³/mol. The van der Waals surface area contributed by atoms with E-state index in [4.69, 9.17) is 4.74 Å². The molecule has 0 saturated carbocycles. The molecule has 17 heavy (non-hydrogen) atoms. The Morgan fingerprint density at radius 1 is 1.41 bits per heavy atom. The Morgan fingerprint density at radius 2 is 2.18 bits per heavy atom. The molecule has 3 nitrogen and oxygen atoms in total. The number of hydrogen-bond acceptors (Lipinski definition) is 3. The van der Waals surface area contributed by atoms with Crippen molar-refractivity contribution in [1.82, 2.24) is 10.6 Å². The van der Waals surface area contributed by atoms with Gasteiger partial charge in [-0.25, -0.2) is 4.39 Å². The molecule has 1 atom stereocenters. The van der Waals surface area contributed by atoms with E-state index in [1.807, 2.05) is 0 Å². The SMILES string of the molecule is CCNCC(C)NCc1ccc(F)c(OC)c1. The van der Waals surface area contributed by atoms with Crippen LogP contribution in [0, 0.1) is 5.82 Å². The lowest BCUT2D eigenvalue weighted by Crippen LogP contribution is -2.35. The van der Waals surface area contributed by atoms with Crippen LogP contribution in [0.5, 0.6) is 5.75 Å². The van der Waals surface area contributed by atoms with E-state index in [2.05, 4.69) is 24.5 Å². The quantitative estimate of drug-likeness (QED) is 0.764. The molecule has 0 amide bonds. The molecule has 0 aliphatic heterocycles. The van der Waals surface area contributed by atoms with Crippen LogP contribution in [0.15, 0.2) is 18.2 Å². The minimum atomic E-state index is -0.322. The minimum Gasteiger partial charge on any atom is -0.494 e. The van der Waals surface area contributed by atoms with Gasteiger partial charge in [-0.05, 0) is 31.2 Å². The Bertz CT molecular complexity index is 344. The topological polar surface area (TPSA) is 33.3 Å². The summed E-state index contributed by atoms with van der Waals surface area (Å²) in [6.45, 7) is 6.80. The van der Waals surface area contributed by atoms with Crippen molar-refractivity contribution in [2.24, 2.45) is 0 Å². The van der Waals surface area contributed by atoms with Crippen LogP contribution in [-0.4, -0.2) is 26.2 Å². The molecule has 0 fully saturated rings. The monoisotopic (exact) mass is 240 g/mol. The second kappa shape index (κ2) is 7.25. The molecule has 0 bridgehead atoms. The Balaban J connectivity index is 2.46. The first-order chi connectivity index (χ1) is 8.17. The average molecular weight is 240 g/mol. The maximum atomic E-state index is 13.2. The fraction of sp³-hybridized carbons (Fsp3) is 0.538. The van der Waals surface area contributed by atoms with Gasteiger partial charge < -0.3 is 15.4 Å². The molecule has 0 aliphatic rings. The molecular formula is C13H21FN2O. The van der Waals surface area contributed by atoms with Crippen molar-refractivity contribution >= 4 is 0 Å². The standard InChI is InChI=1S/C13H21FN2O/c1-4-15-8-10(2)16-9-11-5-6-12(14)13(7-11)17-3/h5-7,10,15-16H,4,8-9H2,1-3H3. The summed E-state index contributed by atoms with van der Waals surface area (Å²) < 4.78 is 18.1. The highest BCUT2D eigenvalue weighted by Gasteiger charge is 2.05. The Morgan fingerprint density at radius 3 is 2.82 bits per heavy atom. The second-order valence-corrected chi connectivity index (χ2v) is 4.06. The Hall–Kier alpha value is -1.13. The van der Waals surface area contributed by atoms with E-state index in [1.165, 1.54) is 13.2 Å². The van der Waals surface area contributed by atoms with E-state index in [1.54, 1.807) is 12.1 Å². The van der Waals surface area contributed by atoms with Crippen molar-refractivity contribution < 1.29 is 9.13 Å². The van der Waals surface area contributed by atoms with Gasteiger partial charge in [-0.1, -0.05) is 13.0 Å². The number of nitrogens with one attached hydrogen (secondary N) is 2. The van der Waals surface area contributed by atoms with Crippen LogP contribution in [-0.2, 0) is 6.54 Å². The zero-order chi connectivity index (χ0) is 12.7. The van der Waals surface area contributed by atoms with Gasteiger partial charge in [0, 0.05) is 19.1 Å². The summed E-state index contributed by atoms with van der Waals surface area (Å²) >= 11 is 0. The van der Waals surface area contributed by atoms with Crippen LogP contribution in [0.2, 0.25) is 0 Å². The van der Waals surface area contributed by atoms with Gasteiger partial charge in [0.05, 0.1) is 7.11 Å². The molecule has 1 unspecified atom stereocenters. The number of halogens is 1. The van der Waals surface area contributed by atoms with E-state index in [-0.39, 0.29) is 5.82 Å². The van der Waals surface area contributed by atoms with Crippen molar-refractivity contribution in [3.05, 3.63) is 29.6 Å². The van der Waals surface area contributed by atoms with Crippen LogP contribution in [0.4, 0.5) is 4.39 Å². The van der Waals surface area contributed by atoms with Gasteiger partial charge in [-0.2, -0.15) is 0 Å². The predicted octanol–water partition coefficient (Wildman–Crippen LogP) is 1.92.